The molecule has 0 aromatic heterocycles. The first-order chi connectivity index (χ1) is 13.2. The number of anilines is 1. The number of nitrogens with two attached hydrogens (primary N) is 1. The van der Waals surface area contributed by atoms with Gasteiger partial charge in [0.2, 0.25) is 5.91 Å². The number of amides is 1. The van der Waals surface area contributed by atoms with Crippen molar-refractivity contribution in [3.8, 4) is 0 Å². The Labute approximate surface area is 161 Å². The van der Waals surface area contributed by atoms with Gasteiger partial charge in [-0.25, -0.2) is 0 Å². The molecule has 27 heavy (non-hydrogen) atoms. The van der Waals surface area contributed by atoms with Crippen molar-refractivity contribution >= 4 is 11.6 Å². The zero-order chi connectivity index (χ0) is 18.6. The number of nitrogen functional groups attached to an aromatic ring is 1. The number of benzene rings is 2. The minimum Gasteiger partial charge on any atom is -0.399 e. The van der Waals surface area contributed by atoms with E-state index < -0.39 is 0 Å². The summed E-state index contributed by atoms with van der Waals surface area (Å²) < 4.78 is 0. The maximum absolute atomic E-state index is 13.0. The van der Waals surface area contributed by atoms with Crippen LogP contribution in [0.1, 0.15) is 48.4 Å². The number of likely N-dealkylation sites (tertiary alicyclic amines) is 1. The third kappa shape index (κ3) is 4.33. The lowest BCUT2D eigenvalue weighted by Crippen LogP contribution is -2.44. The summed E-state index contributed by atoms with van der Waals surface area (Å²) in [5.41, 5.74) is 10.6. The lowest BCUT2D eigenvalue weighted by molar-refractivity contribution is -0.127. The molecular formula is C23H29N3O. The molecule has 1 aliphatic heterocycles. The maximum Gasteiger partial charge on any atom is 0.224 e. The number of nitrogens with one attached hydrogen (secondary N) is 1. The van der Waals surface area contributed by atoms with Crippen LogP contribution in [-0.2, 0) is 17.8 Å². The molecule has 1 aliphatic carbocycles. The van der Waals surface area contributed by atoms with Crippen molar-refractivity contribution in [2.45, 2.75) is 44.7 Å². The molecule has 4 nitrogen and oxygen atoms in total. The van der Waals surface area contributed by atoms with Gasteiger partial charge < -0.3 is 11.1 Å². The van der Waals surface area contributed by atoms with Crippen molar-refractivity contribution in [3.05, 3.63) is 65.2 Å². The van der Waals surface area contributed by atoms with Gasteiger partial charge in [-0.1, -0.05) is 36.4 Å². The lowest BCUT2D eigenvalue weighted by Gasteiger charge is -2.34. The van der Waals surface area contributed by atoms with Gasteiger partial charge in [-0.2, -0.15) is 0 Å². The Balaban J connectivity index is 1.38. The van der Waals surface area contributed by atoms with E-state index in [-0.39, 0.29) is 17.9 Å². The average Bonchev–Trinajstić information content (AvgIpc) is 2.69. The first kappa shape index (κ1) is 18.1. The molecule has 2 aromatic rings. The van der Waals surface area contributed by atoms with Crippen LogP contribution in [-0.4, -0.2) is 23.9 Å². The number of carbonyl (C=O) groups excluding carboxylic acids is 1. The number of aryl methyl sites for hydroxylation is 1. The zero-order valence-electron chi connectivity index (χ0n) is 15.9. The zero-order valence-corrected chi connectivity index (χ0v) is 15.9. The third-order valence-electron chi connectivity index (χ3n) is 5.92. The number of rotatable bonds is 4. The average molecular weight is 364 g/mol. The van der Waals surface area contributed by atoms with E-state index in [9.17, 15) is 4.79 Å². The molecule has 2 aliphatic rings. The quantitative estimate of drug-likeness (QED) is 0.815. The number of carbonyl (C=O) groups is 1. The third-order valence-corrected chi connectivity index (χ3v) is 5.92. The van der Waals surface area contributed by atoms with Crippen molar-refractivity contribution in [1.29, 1.82) is 0 Å². The predicted octanol–water partition coefficient (Wildman–Crippen LogP) is 3.67. The summed E-state index contributed by atoms with van der Waals surface area (Å²) in [7, 11) is 0. The van der Waals surface area contributed by atoms with Crippen molar-refractivity contribution in [2.24, 2.45) is 5.92 Å². The molecule has 1 saturated heterocycles. The highest BCUT2D eigenvalue weighted by atomic mass is 16.2. The molecular weight excluding hydrogens is 334 g/mol. The molecule has 0 spiro atoms. The first-order valence-electron chi connectivity index (χ1n) is 10.1. The molecule has 4 heteroatoms. The van der Waals surface area contributed by atoms with Crippen LogP contribution in [0.3, 0.4) is 0 Å². The van der Waals surface area contributed by atoms with Gasteiger partial charge >= 0.3 is 0 Å². The summed E-state index contributed by atoms with van der Waals surface area (Å²) in [6, 6.07) is 16.8. The van der Waals surface area contributed by atoms with Gasteiger partial charge in [0, 0.05) is 18.8 Å². The smallest absolute Gasteiger partial charge is 0.224 e. The number of fused-ring (bicyclic) bond motifs is 1. The lowest BCUT2D eigenvalue weighted by atomic mass is 9.86. The van der Waals surface area contributed by atoms with Crippen molar-refractivity contribution in [3.63, 3.8) is 0 Å². The van der Waals surface area contributed by atoms with E-state index in [0.29, 0.717) is 0 Å². The molecule has 0 saturated carbocycles. The Morgan fingerprint density at radius 2 is 1.96 bits per heavy atom. The van der Waals surface area contributed by atoms with E-state index in [1.54, 1.807) is 0 Å². The molecule has 0 radical (unpaired) electrons. The Morgan fingerprint density at radius 1 is 1.11 bits per heavy atom. The van der Waals surface area contributed by atoms with Crippen molar-refractivity contribution in [2.75, 3.05) is 18.8 Å². The second-order valence-corrected chi connectivity index (χ2v) is 7.97. The second kappa shape index (κ2) is 8.13. The van der Waals surface area contributed by atoms with Gasteiger partial charge in [0.05, 0.1) is 12.0 Å². The topological polar surface area (TPSA) is 58.4 Å². The van der Waals surface area contributed by atoms with Crippen LogP contribution in [0.25, 0.3) is 0 Å². The van der Waals surface area contributed by atoms with Crippen LogP contribution in [0.2, 0.25) is 0 Å². The van der Waals surface area contributed by atoms with Crippen LogP contribution < -0.4 is 11.1 Å². The minimum absolute atomic E-state index is 0.0848. The van der Waals surface area contributed by atoms with Crippen LogP contribution in [0.15, 0.2) is 48.5 Å². The Bertz CT molecular complexity index is 789. The van der Waals surface area contributed by atoms with Gasteiger partial charge in [-0.05, 0) is 67.5 Å². The van der Waals surface area contributed by atoms with E-state index in [0.717, 1.165) is 57.4 Å². The van der Waals surface area contributed by atoms with E-state index >= 15 is 0 Å². The first-order valence-corrected chi connectivity index (χ1v) is 10.1. The Morgan fingerprint density at radius 3 is 2.81 bits per heavy atom. The fourth-order valence-corrected chi connectivity index (χ4v) is 4.53. The summed E-state index contributed by atoms with van der Waals surface area (Å²) in [4.78, 5) is 15.4. The van der Waals surface area contributed by atoms with E-state index in [4.69, 9.17) is 5.73 Å². The van der Waals surface area contributed by atoms with Gasteiger partial charge in [-0.15, -0.1) is 0 Å². The molecule has 0 bridgehead atoms. The number of hydrogen-bond acceptors (Lipinski definition) is 3. The van der Waals surface area contributed by atoms with Crippen LogP contribution in [0.4, 0.5) is 5.69 Å². The largest absolute Gasteiger partial charge is 0.399 e. The monoisotopic (exact) mass is 363 g/mol. The van der Waals surface area contributed by atoms with Gasteiger partial charge in [-0.3, -0.25) is 9.69 Å². The van der Waals surface area contributed by atoms with Gasteiger partial charge in [0.25, 0.3) is 0 Å². The molecule has 3 N–H and O–H groups in total. The summed E-state index contributed by atoms with van der Waals surface area (Å²) in [6.45, 7) is 2.85. The van der Waals surface area contributed by atoms with Crippen LogP contribution >= 0.6 is 0 Å². The van der Waals surface area contributed by atoms with E-state index in [1.807, 2.05) is 12.1 Å². The summed E-state index contributed by atoms with van der Waals surface area (Å²) in [5, 5.41) is 3.34. The molecule has 142 valence electrons. The molecule has 1 fully saturated rings. The van der Waals surface area contributed by atoms with Crippen molar-refractivity contribution < 1.29 is 4.79 Å². The summed E-state index contributed by atoms with van der Waals surface area (Å²) in [5.74, 6) is 0.295. The summed E-state index contributed by atoms with van der Waals surface area (Å²) >= 11 is 0. The molecule has 4 rings (SSSR count). The molecule has 1 amide bonds. The SMILES string of the molecule is Nc1ccc2c(c1)CCCC2NC(=O)C1CCCN(Cc2ccccc2)C1. The highest BCUT2D eigenvalue weighted by molar-refractivity contribution is 5.79. The predicted molar refractivity (Wildman–Crippen MR) is 109 cm³/mol. The van der Waals surface area contributed by atoms with Crippen molar-refractivity contribution in [1.82, 2.24) is 10.2 Å². The van der Waals surface area contributed by atoms with Crippen LogP contribution in [0, 0.1) is 5.92 Å². The maximum atomic E-state index is 13.0. The second-order valence-electron chi connectivity index (χ2n) is 7.97. The number of nitrogens with zero attached hydrogens (tertiary/aromatic N) is 1. The number of hydrogen-bond donors (Lipinski definition) is 2. The Hall–Kier alpha value is -2.33. The number of piperidine rings is 1. The normalized spacial score (nSPS) is 22.8. The molecule has 2 aromatic carbocycles. The highest BCUT2D eigenvalue weighted by Crippen LogP contribution is 2.31. The highest BCUT2D eigenvalue weighted by Gasteiger charge is 2.29. The standard InChI is InChI=1S/C23H29N3O/c24-20-11-12-21-18(14-20)8-4-10-22(21)25-23(27)19-9-5-13-26(16-19)15-17-6-2-1-3-7-17/h1-3,6-7,11-12,14,19,22H,4-5,8-10,13,15-16,24H2,(H,25,27). The molecule has 2 atom stereocenters. The summed E-state index contributed by atoms with van der Waals surface area (Å²) in [6.07, 6.45) is 5.25. The molecule has 2 unspecified atom stereocenters. The molecule has 1 heterocycles. The van der Waals surface area contributed by atoms with E-state index in [2.05, 4.69) is 46.6 Å². The van der Waals surface area contributed by atoms with Crippen LogP contribution in [0.5, 0.6) is 0 Å². The van der Waals surface area contributed by atoms with E-state index in [1.165, 1.54) is 16.7 Å². The van der Waals surface area contributed by atoms with Gasteiger partial charge in [0.1, 0.15) is 0 Å². The van der Waals surface area contributed by atoms with Gasteiger partial charge in [0.15, 0.2) is 0 Å². The minimum atomic E-state index is 0.0848. The fraction of sp³-hybridized carbons (Fsp3) is 0.435. The fourth-order valence-electron chi connectivity index (χ4n) is 4.53. The Kier molecular flexibility index (Phi) is 5.44.